The van der Waals surface area contributed by atoms with Gasteiger partial charge in [0.15, 0.2) is 0 Å². The summed E-state index contributed by atoms with van der Waals surface area (Å²) in [4.78, 5) is 11.9. The predicted octanol–water partition coefficient (Wildman–Crippen LogP) is 2.92. The molecule has 1 heterocycles. The molecule has 1 aliphatic heterocycles. The van der Waals surface area contributed by atoms with Crippen LogP contribution < -0.4 is 4.74 Å². The minimum atomic E-state index is -4.51. The molecular formula is C13H13F3O3. The number of fused-ring (bicyclic) bond motifs is 1. The fraction of sp³-hybridized carbons (Fsp3) is 0.462. The molecular weight excluding hydrogens is 261 g/mol. The molecule has 0 aromatic heterocycles. The second kappa shape index (κ2) is 4.43. The molecule has 1 aromatic carbocycles. The van der Waals surface area contributed by atoms with E-state index in [-0.39, 0.29) is 17.9 Å². The zero-order valence-electron chi connectivity index (χ0n) is 10.5. The summed E-state index contributed by atoms with van der Waals surface area (Å²) in [5.74, 6) is -0.838. The molecule has 0 radical (unpaired) electrons. The van der Waals surface area contributed by atoms with E-state index in [1.165, 1.54) is 19.2 Å². The number of ether oxygens (including phenoxy) is 2. The summed E-state index contributed by atoms with van der Waals surface area (Å²) >= 11 is 0. The van der Waals surface area contributed by atoms with Crippen molar-refractivity contribution < 1.29 is 27.4 Å². The number of esters is 1. The van der Waals surface area contributed by atoms with E-state index >= 15 is 0 Å². The van der Waals surface area contributed by atoms with Crippen LogP contribution in [0.1, 0.15) is 24.5 Å². The van der Waals surface area contributed by atoms with Gasteiger partial charge in [-0.2, -0.15) is 13.2 Å². The van der Waals surface area contributed by atoms with E-state index in [1.54, 1.807) is 6.92 Å². The summed E-state index contributed by atoms with van der Waals surface area (Å²) in [6.45, 7) is 1.59. The lowest BCUT2D eigenvalue weighted by atomic mass is 9.79. The quantitative estimate of drug-likeness (QED) is 0.778. The molecule has 0 bridgehead atoms. The molecule has 1 aliphatic rings. The van der Waals surface area contributed by atoms with Crippen LogP contribution in [0.3, 0.4) is 0 Å². The molecule has 104 valence electrons. The summed E-state index contributed by atoms with van der Waals surface area (Å²) in [6.07, 6.45) is -4.20. The zero-order valence-corrected chi connectivity index (χ0v) is 10.5. The Morgan fingerprint density at radius 2 is 2.16 bits per heavy atom. The first-order valence-electron chi connectivity index (χ1n) is 5.78. The molecule has 0 amide bonds. The lowest BCUT2D eigenvalue weighted by Gasteiger charge is -2.23. The smallest absolute Gasteiger partial charge is 0.419 e. The number of halogens is 3. The van der Waals surface area contributed by atoms with Crippen LogP contribution in [0.4, 0.5) is 13.2 Å². The fourth-order valence-corrected chi connectivity index (χ4v) is 2.37. The number of methoxy groups -OCH3 is 1. The van der Waals surface area contributed by atoms with Crippen LogP contribution in [-0.2, 0) is 21.1 Å². The van der Waals surface area contributed by atoms with Crippen molar-refractivity contribution in [1.82, 2.24) is 0 Å². The number of carbonyl (C=O) groups excluding carboxylic acids is 1. The lowest BCUT2D eigenvalue weighted by Crippen LogP contribution is -2.37. The van der Waals surface area contributed by atoms with Crippen molar-refractivity contribution in [3.8, 4) is 5.75 Å². The van der Waals surface area contributed by atoms with Crippen molar-refractivity contribution in [2.24, 2.45) is 0 Å². The Balaban J connectivity index is 2.61. The van der Waals surface area contributed by atoms with Gasteiger partial charge in [-0.3, -0.25) is 4.79 Å². The first kappa shape index (κ1) is 13.7. The van der Waals surface area contributed by atoms with E-state index in [9.17, 15) is 18.0 Å². The molecule has 0 saturated carbocycles. The summed E-state index contributed by atoms with van der Waals surface area (Å²) in [6, 6.07) is 3.71. The van der Waals surface area contributed by atoms with Crippen molar-refractivity contribution in [3.05, 3.63) is 29.3 Å². The van der Waals surface area contributed by atoms with Gasteiger partial charge < -0.3 is 9.47 Å². The van der Waals surface area contributed by atoms with E-state index in [0.717, 1.165) is 6.07 Å². The van der Waals surface area contributed by atoms with Crippen molar-refractivity contribution in [1.29, 1.82) is 0 Å². The minimum absolute atomic E-state index is 0.126. The highest BCUT2D eigenvalue weighted by Crippen LogP contribution is 2.48. The van der Waals surface area contributed by atoms with Gasteiger partial charge in [-0.15, -0.1) is 0 Å². The van der Waals surface area contributed by atoms with Gasteiger partial charge in [0, 0.05) is 5.56 Å². The molecule has 0 aliphatic carbocycles. The Morgan fingerprint density at radius 3 is 2.68 bits per heavy atom. The molecule has 2 rings (SSSR count). The molecule has 0 N–H and O–H groups in total. The van der Waals surface area contributed by atoms with E-state index in [0.29, 0.717) is 6.42 Å². The molecule has 6 heteroatoms. The first-order valence-corrected chi connectivity index (χ1v) is 5.78. The standard InChI is InChI=1S/C13H13F3O3/c1-3-12(11(17)18-2)7-19-10-8(12)5-4-6-9(10)13(14,15)16/h4-6H,3,7H2,1-2H3. The predicted molar refractivity (Wildman–Crippen MR) is 60.9 cm³/mol. The molecule has 19 heavy (non-hydrogen) atoms. The van der Waals surface area contributed by atoms with Gasteiger partial charge in [-0.1, -0.05) is 19.1 Å². The van der Waals surface area contributed by atoms with Crippen molar-refractivity contribution in [2.75, 3.05) is 13.7 Å². The highest BCUT2D eigenvalue weighted by molar-refractivity contribution is 5.85. The number of carbonyl (C=O) groups is 1. The van der Waals surface area contributed by atoms with Crippen LogP contribution in [0.2, 0.25) is 0 Å². The summed E-state index contributed by atoms with van der Waals surface area (Å²) in [5.41, 5.74) is -1.76. The van der Waals surface area contributed by atoms with E-state index in [1.807, 2.05) is 0 Å². The number of hydrogen-bond donors (Lipinski definition) is 0. The molecule has 1 unspecified atom stereocenters. The van der Waals surface area contributed by atoms with Crippen LogP contribution in [0.25, 0.3) is 0 Å². The second-order valence-corrected chi connectivity index (χ2v) is 4.40. The molecule has 0 saturated heterocycles. The fourth-order valence-electron chi connectivity index (χ4n) is 2.37. The maximum absolute atomic E-state index is 12.9. The van der Waals surface area contributed by atoms with Gasteiger partial charge in [-0.25, -0.2) is 0 Å². The molecule has 0 spiro atoms. The Hall–Kier alpha value is -1.72. The second-order valence-electron chi connectivity index (χ2n) is 4.40. The van der Waals surface area contributed by atoms with Gasteiger partial charge in [0.05, 0.1) is 12.7 Å². The van der Waals surface area contributed by atoms with Crippen LogP contribution in [0.15, 0.2) is 18.2 Å². The lowest BCUT2D eigenvalue weighted by molar-refractivity contribution is -0.148. The Bertz CT molecular complexity index is 510. The zero-order chi connectivity index (χ0) is 14.3. The normalized spacial score (nSPS) is 21.7. The monoisotopic (exact) mass is 274 g/mol. The molecule has 0 fully saturated rings. The van der Waals surface area contributed by atoms with Crippen molar-refractivity contribution in [3.63, 3.8) is 0 Å². The number of rotatable bonds is 2. The molecule has 1 atom stereocenters. The third-order valence-electron chi connectivity index (χ3n) is 3.48. The van der Waals surface area contributed by atoms with Gasteiger partial charge >= 0.3 is 12.1 Å². The Morgan fingerprint density at radius 1 is 1.47 bits per heavy atom. The van der Waals surface area contributed by atoms with E-state index < -0.39 is 23.1 Å². The van der Waals surface area contributed by atoms with Gasteiger partial charge in [-0.05, 0) is 12.5 Å². The van der Waals surface area contributed by atoms with Crippen LogP contribution in [0, 0.1) is 0 Å². The van der Waals surface area contributed by atoms with Crippen LogP contribution in [-0.4, -0.2) is 19.7 Å². The largest absolute Gasteiger partial charge is 0.491 e. The Kier molecular flexibility index (Phi) is 3.20. The SMILES string of the molecule is CCC1(C(=O)OC)COc2c(C(F)(F)F)cccc21. The third kappa shape index (κ3) is 1.95. The third-order valence-corrected chi connectivity index (χ3v) is 3.48. The highest BCUT2D eigenvalue weighted by Gasteiger charge is 2.50. The van der Waals surface area contributed by atoms with Gasteiger partial charge in [0.1, 0.15) is 17.8 Å². The minimum Gasteiger partial charge on any atom is -0.491 e. The number of benzene rings is 1. The average molecular weight is 274 g/mol. The highest BCUT2D eigenvalue weighted by atomic mass is 19.4. The average Bonchev–Trinajstić information content (AvgIpc) is 2.76. The Labute approximate surface area is 108 Å². The topological polar surface area (TPSA) is 35.5 Å². The van der Waals surface area contributed by atoms with Gasteiger partial charge in [0.25, 0.3) is 0 Å². The van der Waals surface area contributed by atoms with Gasteiger partial charge in [0.2, 0.25) is 0 Å². The number of para-hydroxylation sites is 1. The van der Waals surface area contributed by atoms with Crippen molar-refractivity contribution in [2.45, 2.75) is 24.9 Å². The van der Waals surface area contributed by atoms with Crippen LogP contribution in [0.5, 0.6) is 5.75 Å². The van der Waals surface area contributed by atoms with Crippen LogP contribution >= 0.6 is 0 Å². The number of hydrogen-bond acceptors (Lipinski definition) is 3. The first-order chi connectivity index (χ1) is 8.86. The molecule has 3 nitrogen and oxygen atoms in total. The van der Waals surface area contributed by atoms with Crippen molar-refractivity contribution >= 4 is 5.97 Å². The van der Waals surface area contributed by atoms with E-state index in [2.05, 4.69) is 0 Å². The summed E-state index contributed by atoms with van der Waals surface area (Å²) in [7, 11) is 1.21. The maximum atomic E-state index is 12.9. The maximum Gasteiger partial charge on any atom is 0.419 e. The molecule has 1 aromatic rings. The summed E-state index contributed by atoms with van der Waals surface area (Å²) in [5, 5.41) is 0. The number of alkyl halides is 3. The van der Waals surface area contributed by atoms with E-state index in [4.69, 9.17) is 9.47 Å². The summed E-state index contributed by atoms with van der Waals surface area (Å²) < 4.78 is 48.5.